The van der Waals surface area contributed by atoms with E-state index in [1.807, 2.05) is 0 Å². The lowest BCUT2D eigenvalue weighted by Gasteiger charge is -2.07. The van der Waals surface area contributed by atoms with Gasteiger partial charge in [-0.05, 0) is 29.8 Å². The molecule has 0 aliphatic carbocycles. The van der Waals surface area contributed by atoms with Crippen LogP contribution in [-0.2, 0) is 6.54 Å². The van der Waals surface area contributed by atoms with Gasteiger partial charge in [-0.25, -0.2) is 9.18 Å². The molecule has 2 rings (SSSR count). The van der Waals surface area contributed by atoms with Crippen molar-refractivity contribution in [2.45, 2.75) is 6.54 Å². The first-order valence-corrected chi connectivity index (χ1v) is 6.24. The Hall–Kier alpha value is -2.89. The van der Waals surface area contributed by atoms with Gasteiger partial charge in [-0.1, -0.05) is 24.3 Å². The first-order valence-electron chi connectivity index (χ1n) is 6.24. The van der Waals surface area contributed by atoms with Crippen molar-refractivity contribution in [1.82, 2.24) is 5.32 Å². The second-order valence-corrected chi connectivity index (χ2v) is 4.35. The van der Waals surface area contributed by atoms with Crippen LogP contribution in [0.2, 0.25) is 0 Å². The summed E-state index contributed by atoms with van der Waals surface area (Å²) in [5, 5.41) is 4.94. The van der Waals surface area contributed by atoms with E-state index in [-0.39, 0.29) is 12.2 Å². The van der Waals surface area contributed by atoms with Crippen molar-refractivity contribution in [3.8, 4) is 0 Å². The molecular formula is C15H14FN3O2. The van der Waals surface area contributed by atoms with Crippen LogP contribution in [0.4, 0.5) is 14.9 Å². The smallest absolute Gasteiger partial charge is 0.312 e. The van der Waals surface area contributed by atoms with Crippen molar-refractivity contribution < 1.29 is 14.0 Å². The summed E-state index contributed by atoms with van der Waals surface area (Å²) in [4.78, 5) is 22.6. The molecule has 0 aliphatic heterocycles. The van der Waals surface area contributed by atoms with Crippen LogP contribution in [0.1, 0.15) is 15.9 Å². The van der Waals surface area contributed by atoms with Gasteiger partial charge in [0.25, 0.3) is 5.91 Å². The molecule has 0 spiro atoms. The molecule has 2 aromatic carbocycles. The Morgan fingerprint density at radius 3 is 2.33 bits per heavy atom. The summed E-state index contributed by atoms with van der Waals surface area (Å²) < 4.78 is 13.4. The number of anilines is 1. The number of carbonyl (C=O) groups excluding carboxylic acids is 2. The largest absolute Gasteiger partial charge is 0.352 e. The Morgan fingerprint density at radius 2 is 1.71 bits per heavy atom. The minimum Gasteiger partial charge on any atom is -0.352 e. The minimum atomic E-state index is -0.614. The third kappa shape index (κ3) is 4.04. The number of carbonyl (C=O) groups is 2. The van der Waals surface area contributed by atoms with Gasteiger partial charge >= 0.3 is 6.03 Å². The second kappa shape index (κ2) is 6.51. The predicted molar refractivity (Wildman–Crippen MR) is 77.2 cm³/mol. The highest BCUT2D eigenvalue weighted by molar-refractivity contribution is 6.04. The topological polar surface area (TPSA) is 84.2 Å². The number of halogens is 1. The fourth-order valence-electron chi connectivity index (χ4n) is 1.72. The number of primary amides is 1. The van der Waals surface area contributed by atoms with Crippen molar-refractivity contribution in [1.29, 1.82) is 0 Å². The van der Waals surface area contributed by atoms with Crippen LogP contribution < -0.4 is 16.4 Å². The molecule has 0 unspecified atom stereocenters. The van der Waals surface area contributed by atoms with Crippen molar-refractivity contribution in [2.75, 3.05) is 5.32 Å². The lowest BCUT2D eigenvalue weighted by Crippen LogP contribution is -2.28. The third-order valence-electron chi connectivity index (χ3n) is 2.80. The molecule has 0 aliphatic rings. The van der Waals surface area contributed by atoms with Gasteiger partial charge in [0.05, 0.1) is 5.69 Å². The maximum absolute atomic E-state index is 13.4. The summed E-state index contributed by atoms with van der Waals surface area (Å²) in [5.41, 5.74) is 6.29. The number of urea groups is 1. The van der Waals surface area contributed by atoms with Crippen molar-refractivity contribution >= 4 is 17.6 Å². The summed E-state index contributed by atoms with van der Waals surface area (Å²) in [6.07, 6.45) is 0. The zero-order valence-corrected chi connectivity index (χ0v) is 11.1. The fourth-order valence-corrected chi connectivity index (χ4v) is 1.72. The first kappa shape index (κ1) is 14.5. The van der Waals surface area contributed by atoms with Gasteiger partial charge in [-0.2, -0.15) is 0 Å². The second-order valence-electron chi connectivity index (χ2n) is 4.35. The number of nitrogens with one attached hydrogen (secondary N) is 2. The van der Waals surface area contributed by atoms with Gasteiger partial charge in [0.2, 0.25) is 0 Å². The fraction of sp³-hybridized carbons (Fsp3) is 0.0667. The van der Waals surface area contributed by atoms with E-state index in [1.54, 1.807) is 36.4 Å². The van der Waals surface area contributed by atoms with Crippen LogP contribution in [-0.4, -0.2) is 11.9 Å². The van der Waals surface area contributed by atoms with E-state index < -0.39 is 17.8 Å². The normalized spacial score (nSPS) is 9.95. The van der Waals surface area contributed by atoms with Crippen LogP contribution in [0.3, 0.4) is 0 Å². The minimum absolute atomic E-state index is 0.127. The summed E-state index contributed by atoms with van der Waals surface area (Å²) >= 11 is 0. The number of hydrogen-bond acceptors (Lipinski definition) is 2. The molecule has 5 nitrogen and oxygen atoms in total. The van der Waals surface area contributed by atoms with Gasteiger partial charge in [0.1, 0.15) is 5.82 Å². The predicted octanol–water partition coefficient (Wildman–Crippen LogP) is 2.25. The highest BCUT2D eigenvalue weighted by Crippen LogP contribution is 2.14. The number of hydrogen-bond donors (Lipinski definition) is 3. The molecule has 0 bridgehead atoms. The molecule has 0 radical (unpaired) electrons. The molecule has 0 atom stereocenters. The van der Waals surface area contributed by atoms with E-state index in [1.165, 1.54) is 12.1 Å². The molecule has 6 heteroatoms. The molecule has 0 aromatic heterocycles. The quantitative estimate of drug-likeness (QED) is 0.805. The van der Waals surface area contributed by atoms with Crippen LogP contribution in [0.25, 0.3) is 0 Å². The van der Waals surface area contributed by atoms with Crippen LogP contribution >= 0.6 is 0 Å². The van der Waals surface area contributed by atoms with Crippen LogP contribution in [0.5, 0.6) is 0 Å². The highest BCUT2D eigenvalue weighted by Gasteiger charge is 2.08. The molecule has 21 heavy (non-hydrogen) atoms. The van der Waals surface area contributed by atoms with E-state index in [0.29, 0.717) is 5.56 Å². The molecule has 0 saturated heterocycles. The monoisotopic (exact) mass is 287 g/mol. The molecule has 2 aromatic rings. The van der Waals surface area contributed by atoms with Gasteiger partial charge < -0.3 is 16.4 Å². The van der Waals surface area contributed by atoms with Crippen LogP contribution in [0.15, 0.2) is 48.5 Å². The third-order valence-corrected chi connectivity index (χ3v) is 2.80. The lowest BCUT2D eigenvalue weighted by atomic mass is 10.1. The summed E-state index contributed by atoms with van der Waals surface area (Å²) in [7, 11) is 0. The summed E-state index contributed by atoms with van der Waals surface area (Å²) in [6, 6.07) is 11.9. The summed E-state index contributed by atoms with van der Waals surface area (Å²) in [5.74, 6) is -0.900. The maximum Gasteiger partial charge on any atom is 0.312 e. The number of nitrogens with two attached hydrogens (primary N) is 1. The number of benzene rings is 2. The van der Waals surface area contributed by atoms with Crippen molar-refractivity contribution in [3.63, 3.8) is 0 Å². The molecule has 4 N–H and O–H groups in total. The van der Waals surface area contributed by atoms with E-state index in [0.717, 1.165) is 5.56 Å². The van der Waals surface area contributed by atoms with E-state index in [2.05, 4.69) is 10.6 Å². The Bertz CT molecular complexity index is 656. The molecule has 0 fully saturated rings. The highest BCUT2D eigenvalue weighted by atomic mass is 19.1. The molecule has 108 valence electrons. The zero-order valence-electron chi connectivity index (χ0n) is 11.1. The Kier molecular flexibility index (Phi) is 4.50. The van der Waals surface area contributed by atoms with Crippen molar-refractivity contribution in [3.05, 3.63) is 65.5 Å². The first-order chi connectivity index (χ1) is 10.1. The molecule has 0 saturated carbocycles. The van der Waals surface area contributed by atoms with Gasteiger partial charge in [0.15, 0.2) is 0 Å². The van der Waals surface area contributed by atoms with Gasteiger partial charge in [-0.3, -0.25) is 4.79 Å². The zero-order chi connectivity index (χ0) is 15.2. The Balaban J connectivity index is 2.03. The molecular weight excluding hydrogens is 273 g/mol. The molecule has 3 amide bonds. The average molecular weight is 287 g/mol. The lowest BCUT2D eigenvalue weighted by molar-refractivity contribution is 0.102. The Labute approximate surface area is 121 Å². The number of rotatable bonds is 4. The van der Waals surface area contributed by atoms with Gasteiger partial charge in [0, 0.05) is 12.1 Å². The van der Waals surface area contributed by atoms with Crippen molar-refractivity contribution in [2.24, 2.45) is 5.73 Å². The average Bonchev–Trinajstić information content (AvgIpc) is 2.48. The number of amides is 3. The number of para-hydroxylation sites is 1. The molecule has 0 heterocycles. The van der Waals surface area contributed by atoms with Gasteiger partial charge in [-0.15, -0.1) is 0 Å². The van der Waals surface area contributed by atoms with E-state index in [4.69, 9.17) is 5.73 Å². The Morgan fingerprint density at radius 1 is 1.05 bits per heavy atom. The maximum atomic E-state index is 13.4. The SMILES string of the molecule is NC(=O)NCc1ccc(C(=O)Nc2ccccc2F)cc1. The van der Waals surface area contributed by atoms with E-state index in [9.17, 15) is 14.0 Å². The standard InChI is InChI=1S/C15H14FN3O2/c16-12-3-1-2-4-13(12)19-14(20)11-7-5-10(6-8-11)9-18-15(17)21/h1-8H,9H2,(H,19,20)(H3,17,18,21). The van der Waals surface area contributed by atoms with E-state index >= 15 is 0 Å². The van der Waals surface area contributed by atoms with Crippen LogP contribution in [0, 0.1) is 5.82 Å². The summed E-state index contributed by atoms with van der Waals surface area (Å²) in [6.45, 7) is 0.282.